The number of hydrogen-bond donors (Lipinski definition) is 1. The minimum atomic E-state index is -0.291. The van der Waals surface area contributed by atoms with Gasteiger partial charge in [0.05, 0.1) is 6.54 Å². The van der Waals surface area contributed by atoms with Crippen LogP contribution in [0, 0.1) is 5.82 Å². The summed E-state index contributed by atoms with van der Waals surface area (Å²) < 4.78 is 14.6. The SMILES string of the molecule is O=C(Nc1nn(Cc2ccc(F)cc2)cc1Cl)c1ccc2ccccc2c1. The van der Waals surface area contributed by atoms with Crippen LogP contribution in [0.3, 0.4) is 0 Å². The molecule has 1 N–H and O–H groups in total. The predicted octanol–water partition coefficient (Wildman–Crippen LogP) is 5.13. The maximum absolute atomic E-state index is 13.0. The number of amides is 1. The fourth-order valence-electron chi connectivity index (χ4n) is 2.85. The van der Waals surface area contributed by atoms with Gasteiger partial charge in [-0.25, -0.2) is 4.39 Å². The van der Waals surface area contributed by atoms with E-state index in [1.54, 1.807) is 29.1 Å². The lowest BCUT2D eigenvalue weighted by Gasteiger charge is -2.05. The molecule has 4 nitrogen and oxygen atoms in total. The quantitative estimate of drug-likeness (QED) is 0.534. The maximum atomic E-state index is 13.0. The molecular weight excluding hydrogens is 365 g/mol. The molecule has 1 aromatic heterocycles. The third-order valence-electron chi connectivity index (χ3n) is 4.22. The third kappa shape index (κ3) is 3.83. The van der Waals surface area contributed by atoms with Crippen molar-refractivity contribution in [3.05, 3.63) is 94.9 Å². The van der Waals surface area contributed by atoms with E-state index in [2.05, 4.69) is 10.4 Å². The molecule has 4 aromatic rings. The Morgan fingerprint density at radius 1 is 1.04 bits per heavy atom. The molecule has 1 heterocycles. The van der Waals surface area contributed by atoms with Gasteiger partial charge in [-0.1, -0.05) is 54.1 Å². The highest BCUT2D eigenvalue weighted by Crippen LogP contribution is 2.22. The van der Waals surface area contributed by atoms with Crippen molar-refractivity contribution in [3.63, 3.8) is 0 Å². The minimum Gasteiger partial charge on any atom is -0.304 e. The Hall–Kier alpha value is -3.18. The number of benzene rings is 3. The van der Waals surface area contributed by atoms with Crippen molar-refractivity contribution in [2.45, 2.75) is 6.54 Å². The average molecular weight is 380 g/mol. The van der Waals surface area contributed by atoms with Crippen LogP contribution in [0.25, 0.3) is 10.8 Å². The summed E-state index contributed by atoms with van der Waals surface area (Å²) in [6.45, 7) is 0.422. The van der Waals surface area contributed by atoms with Crippen molar-refractivity contribution in [3.8, 4) is 0 Å². The number of halogens is 2. The fraction of sp³-hybridized carbons (Fsp3) is 0.0476. The predicted molar refractivity (Wildman–Crippen MR) is 105 cm³/mol. The van der Waals surface area contributed by atoms with Gasteiger partial charge in [0.1, 0.15) is 10.8 Å². The first-order valence-corrected chi connectivity index (χ1v) is 8.74. The Morgan fingerprint density at radius 3 is 2.56 bits per heavy atom. The molecule has 0 aliphatic rings. The van der Waals surface area contributed by atoms with Gasteiger partial charge in [0, 0.05) is 11.8 Å². The second-order valence-electron chi connectivity index (χ2n) is 6.17. The zero-order valence-corrected chi connectivity index (χ0v) is 14.9. The summed E-state index contributed by atoms with van der Waals surface area (Å²) in [5.74, 6) is -0.285. The van der Waals surface area contributed by atoms with Gasteiger partial charge in [-0.2, -0.15) is 5.10 Å². The van der Waals surface area contributed by atoms with Gasteiger partial charge < -0.3 is 5.32 Å². The summed E-state index contributed by atoms with van der Waals surface area (Å²) in [5.41, 5.74) is 1.40. The Labute approximate surface area is 160 Å². The van der Waals surface area contributed by atoms with Crippen LogP contribution in [0.1, 0.15) is 15.9 Å². The second kappa shape index (κ2) is 7.21. The molecule has 134 valence electrons. The molecule has 0 aliphatic heterocycles. The number of carbonyl (C=O) groups is 1. The maximum Gasteiger partial charge on any atom is 0.256 e. The first kappa shape index (κ1) is 17.2. The summed E-state index contributed by atoms with van der Waals surface area (Å²) in [6.07, 6.45) is 1.63. The molecule has 0 aliphatic carbocycles. The van der Waals surface area contributed by atoms with Crippen LogP contribution in [-0.4, -0.2) is 15.7 Å². The lowest BCUT2D eigenvalue weighted by Crippen LogP contribution is -2.13. The summed E-state index contributed by atoms with van der Waals surface area (Å²) in [6, 6.07) is 19.5. The number of nitrogens with one attached hydrogen (secondary N) is 1. The number of aromatic nitrogens is 2. The number of carbonyl (C=O) groups excluding carboxylic acids is 1. The van der Waals surface area contributed by atoms with Crippen LogP contribution in [-0.2, 0) is 6.54 Å². The lowest BCUT2D eigenvalue weighted by atomic mass is 10.1. The van der Waals surface area contributed by atoms with Gasteiger partial charge in [-0.05, 0) is 40.6 Å². The normalized spacial score (nSPS) is 10.9. The zero-order valence-electron chi connectivity index (χ0n) is 14.2. The van der Waals surface area contributed by atoms with E-state index in [-0.39, 0.29) is 17.5 Å². The summed E-state index contributed by atoms with van der Waals surface area (Å²) in [7, 11) is 0. The second-order valence-corrected chi connectivity index (χ2v) is 6.57. The molecule has 0 unspecified atom stereocenters. The Bertz CT molecular complexity index is 1120. The highest BCUT2D eigenvalue weighted by molar-refractivity contribution is 6.33. The molecule has 0 radical (unpaired) electrons. The van der Waals surface area contributed by atoms with Crippen molar-refractivity contribution in [2.75, 3.05) is 5.32 Å². The largest absolute Gasteiger partial charge is 0.304 e. The van der Waals surface area contributed by atoms with Crippen LogP contribution in [0.15, 0.2) is 72.9 Å². The number of rotatable bonds is 4. The third-order valence-corrected chi connectivity index (χ3v) is 4.50. The highest BCUT2D eigenvalue weighted by atomic mass is 35.5. The molecule has 4 rings (SSSR count). The standard InChI is InChI=1S/C21H15ClFN3O/c22-19-13-26(12-14-5-9-18(23)10-6-14)25-20(19)24-21(27)17-8-7-15-3-1-2-4-16(15)11-17/h1-11,13H,12H2,(H,24,25,27). The van der Waals surface area contributed by atoms with E-state index >= 15 is 0 Å². The topological polar surface area (TPSA) is 46.9 Å². The van der Waals surface area contributed by atoms with Gasteiger partial charge in [0.2, 0.25) is 0 Å². The fourth-order valence-corrected chi connectivity index (χ4v) is 3.05. The van der Waals surface area contributed by atoms with Crippen molar-refractivity contribution < 1.29 is 9.18 Å². The van der Waals surface area contributed by atoms with Gasteiger partial charge in [-0.15, -0.1) is 0 Å². The summed E-state index contributed by atoms with van der Waals surface area (Å²) >= 11 is 6.20. The van der Waals surface area contributed by atoms with Crippen molar-refractivity contribution in [2.24, 2.45) is 0 Å². The Morgan fingerprint density at radius 2 is 1.78 bits per heavy atom. The zero-order chi connectivity index (χ0) is 18.8. The van der Waals surface area contributed by atoms with Crippen molar-refractivity contribution >= 4 is 34.1 Å². The van der Waals surface area contributed by atoms with E-state index < -0.39 is 0 Å². The van der Waals surface area contributed by atoms with Crippen LogP contribution in [0.2, 0.25) is 5.02 Å². The van der Waals surface area contributed by atoms with Gasteiger partial charge in [0.15, 0.2) is 5.82 Å². The summed E-state index contributed by atoms with van der Waals surface area (Å²) in [5, 5.41) is 9.45. The number of anilines is 1. The van der Waals surface area contributed by atoms with Gasteiger partial charge in [-0.3, -0.25) is 9.48 Å². The first-order valence-electron chi connectivity index (χ1n) is 8.36. The summed E-state index contributed by atoms with van der Waals surface area (Å²) in [4.78, 5) is 12.6. The highest BCUT2D eigenvalue weighted by Gasteiger charge is 2.13. The number of fused-ring (bicyclic) bond motifs is 1. The monoisotopic (exact) mass is 379 g/mol. The number of hydrogen-bond acceptors (Lipinski definition) is 2. The molecule has 0 atom stereocenters. The van der Waals surface area contributed by atoms with Crippen LogP contribution in [0.5, 0.6) is 0 Å². The number of nitrogens with zero attached hydrogens (tertiary/aromatic N) is 2. The molecule has 0 spiro atoms. The molecule has 1 amide bonds. The average Bonchev–Trinajstić information content (AvgIpc) is 3.02. The minimum absolute atomic E-state index is 0.283. The van der Waals surface area contributed by atoms with E-state index in [1.165, 1.54) is 12.1 Å². The van der Waals surface area contributed by atoms with Crippen molar-refractivity contribution in [1.82, 2.24) is 9.78 Å². The Balaban J connectivity index is 1.52. The van der Waals surface area contributed by atoms with E-state index in [0.29, 0.717) is 17.1 Å². The van der Waals surface area contributed by atoms with Gasteiger partial charge in [0.25, 0.3) is 5.91 Å². The van der Waals surface area contributed by atoms with E-state index in [1.807, 2.05) is 36.4 Å². The van der Waals surface area contributed by atoms with Crippen LogP contribution in [0.4, 0.5) is 10.2 Å². The lowest BCUT2D eigenvalue weighted by molar-refractivity contribution is 0.102. The molecule has 6 heteroatoms. The van der Waals surface area contributed by atoms with Crippen LogP contribution >= 0.6 is 11.6 Å². The molecule has 3 aromatic carbocycles. The van der Waals surface area contributed by atoms with Gasteiger partial charge >= 0.3 is 0 Å². The Kier molecular flexibility index (Phi) is 4.60. The van der Waals surface area contributed by atoms with Crippen LogP contribution < -0.4 is 5.32 Å². The molecule has 0 saturated heterocycles. The van der Waals surface area contributed by atoms with Crippen molar-refractivity contribution in [1.29, 1.82) is 0 Å². The van der Waals surface area contributed by atoms with E-state index in [9.17, 15) is 9.18 Å². The first-order chi connectivity index (χ1) is 13.1. The van der Waals surface area contributed by atoms with E-state index in [0.717, 1.165) is 16.3 Å². The molecule has 0 saturated carbocycles. The smallest absolute Gasteiger partial charge is 0.256 e. The van der Waals surface area contributed by atoms with E-state index in [4.69, 9.17) is 11.6 Å². The molecule has 0 fully saturated rings. The molecule has 27 heavy (non-hydrogen) atoms. The molecular formula is C21H15ClFN3O. The molecule has 0 bridgehead atoms.